The molecule has 3 rings (SSSR count). The number of halogens is 1. The lowest BCUT2D eigenvalue weighted by molar-refractivity contribution is 0.0201. The van der Waals surface area contributed by atoms with Gasteiger partial charge in [0.15, 0.2) is 0 Å². The van der Waals surface area contributed by atoms with E-state index in [1.165, 1.54) is 0 Å². The standard InChI is InChI=1S/C23H29ClN2O3/c1-5-6-7-16-13-26(22(28)29-23(2,3)4)14-19-18(16)12-20(25-21(19)27)15-8-10-17(24)11-9-15/h8-12,16H,5-7,13-14H2,1-4H3,(H,25,27). The highest BCUT2D eigenvalue weighted by atomic mass is 35.5. The molecule has 29 heavy (non-hydrogen) atoms. The molecule has 0 radical (unpaired) electrons. The summed E-state index contributed by atoms with van der Waals surface area (Å²) in [7, 11) is 0. The zero-order valence-corrected chi connectivity index (χ0v) is 18.3. The molecule has 1 aliphatic rings. The number of hydrogen-bond acceptors (Lipinski definition) is 3. The topological polar surface area (TPSA) is 62.4 Å². The molecule has 1 aliphatic heterocycles. The number of fused-ring (bicyclic) bond motifs is 1. The van der Waals surface area contributed by atoms with Gasteiger partial charge in [0.05, 0.1) is 6.54 Å². The molecule has 2 aromatic rings. The molecule has 1 atom stereocenters. The number of carbonyl (C=O) groups is 1. The molecule has 1 aromatic heterocycles. The molecule has 1 N–H and O–H groups in total. The number of H-pyrrole nitrogens is 1. The van der Waals surface area contributed by atoms with E-state index < -0.39 is 5.60 Å². The average molecular weight is 417 g/mol. The van der Waals surface area contributed by atoms with Gasteiger partial charge < -0.3 is 14.6 Å². The third kappa shape index (κ3) is 5.21. The van der Waals surface area contributed by atoms with Crippen molar-refractivity contribution < 1.29 is 9.53 Å². The van der Waals surface area contributed by atoms with Crippen molar-refractivity contribution in [3.05, 3.63) is 56.8 Å². The fourth-order valence-electron chi connectivity index (χ4n) is 3.70. The number of unbranched alkanes of at least 4 members (excludes halogenated alkanes) is 1. The number of aromatic nitrogens is 1. The van der Waals surface area contributed by atoms with Crippen LogP contribution in [0.3, 0.4) is 0 Å². The van der Waals surface area contributed by atoms with Crippen LogP contribution in [0.1, 0.15) is 64.0 Å². The largest absolute Gasteiger partial charge is 0.444 e. The van der Waals surface area contributed by atoms with Crippen LogP contribution in [0.25, 0.3) is 11.3 Å². The lowest BCUT2D eigenvalue weighted by Crippen LogP contribution is -2.43. The van der Waals surface area contributed by atoms with Gasteiger partial charge in [0.2, 0.25) is 0 Å². The number of hydrogen-bond donors (Lipinski definition) is 1. The van der Waals surface area contributed by atoms with Crippen LogP contribution in [-0.4, -0.2) is 28.1 Å². The second kappa shape index (κ2) is 8.62. The molecular weight excluding hydrogens is 388 g/mol. The predicted molar refractivity (Wildman–Crippen MR) is 116 cm³/mol. The summed E-state index contributed by atoms with van der Waals surface area (Å²) in [6.07, 6.45) is 2.65. The Morgan fingerprint density at radius 3 is 2.59 bits per heavy atom. The lowest BCUT2D eigenvalue weighted by atomic mass is 9.86. The van der Waals surface area contributed by atoms with Crippen LogP contribution in [-0.2, 0) is 11.3 Å². The van der Waals surface area contributed by atoms with Gasteiger partial charge in [-0.15, -0.1) is 0 Å². The fraction of sp³-hybridized carbons (Fsp3) is 0.478. The zero-order valence-electron chi connectivity index (χ0n) is 17.5. The molecule has 1 amide bonds. The number of benzene rings is 1. The Morgan fingerprint density at radius 2 is 1.97 bits per heavy atom. The van der Waals surface area contributed by atoms with Gasteiger partial charge in [-0.1, -0.05) is 43.5 Å². The maximum Gasteiger partial charge on any atom is 0.410 e. The molecule has 0 fully saturated rings. The van der Waals surface area contributed by atoms with E-state index in [2.05, 4.69) is 18.0 Å². The number of nitrogens with zero attached hydrogens (tertiary/aromatic N) is 1. The summed E-state index contributed by atoms with van der Waals surface area (Å²) in [5.41, 5.74) is 2.66. The second-order valence-electron chi connectivity index (χ2n) is 8.65. The Hall–Kier alpha value is -2.27. The average Bonchev–Trinajstić information content (AvgIpc) is 2.65. The zero-order chi connectivity index (χ0) is 21.2. The monoisotopic (exact) mass is 416 g/mol. The van der Waals surface area contributed by atoms with Crippen molar-refractivity contribution in [2.75, 3.05) is 6.54 Å². The summed E-state index contributed by atoms with van der Waals surface area (Å²) in [5, 5.41) is 0.655. The van der Waals surface area contributed by atoms with Gasteiger partial charge in [-0.25, -0.2) is 4.79 Å². The number of rotatable bonds is 4. The van der Waals surface area contributed by atoms with Gasteiger partial charge in [-0.3, -0.25) is 4.79 Å². The molecule has 0 aliphatic carbocycles. The van der Waals surface area contributed by atoms with Crippen molar-refractivity contribution in [3.8, 4) is 11.3 Å². The number of carbonyl (C=O) groups excluding carboxylic acids is 1. The number of pyridine rings is 1. The SMILES string of the molecule is CCCCC1CN(C(=O)OC(C)(C)C)Cc2c1cc(-c1ccc(Cl)cc1)[nH]c2=O. The molecule has 6 heteroatoms. The molecule has 0 spiro atoms. The van der Waals surface area contributed by atoms with Gasteiger partial charge in [-0.2, -0.15) is 0 Å². The number of amides is 1. The minimum absolute atomic E-state index is 0.111. The van der Waals surface area contributed by atoms with E-state index in [1.807, 2.05) is 45.0 Å². The van der Waals surface area contributed by atoms with Crippen molar-refractivity contribution in [3.63, 3.8) is 0 Å². The van der Waals surface area contributed by atoms with Gasteiger partial charge in [0.1, 0.15) is 5.60 Å². The number of aromatic amines is 1. The first-order valence-corrected chi connectivity index (χ1v) is 10.6. The Morgan fingerprint density at radius 1 is 1.28 bits per heavy atom. The summed E-state index contributed by atoms with van der Waals surface area (Å²) in [6, 6.07) is 9.49. The first-order chi connectivity index (χ1) is 13.7. The van der Waals surface area contributed by atoms with Crippen LogP contribution in [0.2, 0.25) is 5.02 Å². The molecular formula is C23H29ClN2O3. The summed E-state index contributed by atoms with van der Waals surface area (Å²) in [5.74, 6) is 0.111. The second-order valence-corrected chi connectivity index (χ2v) is 9.09. The predicted octanol–water partition coefficient (Wildman–Crippen LogP) is 5.72. The highest BCUT2D eigenvalue weighted by Crippen LogP contribution is 2.33. The smallest absolute Gasteiger partial charge is 0.410 e. The van der Waals surface area contributed by atoms with E-state index >= 15 is 0 Å². The molecule has 0 bridgehead atoms. The normalized spacial score (nSPS) is 16.4. The summed E-state index contributed by atoms with van der Waals surface area (Å²) in [6.45, 7) is 8.52. The Bertz CT molecular complexity index is 929. The van der Waals surface area contributed by atoms with E-state index in [0.29, 0.717) is 17.1 Å². The van der Waals surface area contributed by atoms with E-state index in [9.17, 15) is 9.59 Å². The molecule has 2 heterocycles. The molecule has 0 saturated carbocycles. The van der Waals surface area contributed by atoms with E-state index in [0.717, 1.165) is 36.1 Å². The van der Waals surface area contributed by atoms with Crippen molar-refractivity contribution in [2.45, 2.75) is 65.0 Å². The summed E-state index contributed by atoms with van der Waals surface area (Å²) < 4.78 is 5.55. The van der Waals surface area contributed by atoms with Gasteiger partial charge >= 0.3 is 6.09 Å². The van der Waals surface area contributed by atoms with Crippen LogP contribution in [0.15, 0.2) is 35.1 Å². The third-order valence-corrected chi connectivity index (χ3v) is 5.37. The summed E-state index contributed by atoms with van der Waals surface area (Å²) >= 11 is 6.00. The van der Waals surface area contributed by atoms with Crippen LogP contribution in [0.4, 0.5) is 4.79 Å². The van der Waals surface area contributed by atoms with Gasteiger partial charge in [0, 0.05) is 28.7 Å². The van der Waals surface area contributed by atoms with Gasteiger partial charge in [0.25, 0.3) is 5.56 Å². The molecule has 5 nitrogen and oxygen atoms in total. The summed E-state index contributed by atoms with van der Waals surface area (Å²) in [4.78, 5) is 30.2. The van der Waals surface area contributed by atoms with Crippen molar-refractivity contribution >= 4 is 17.7 Å². The van der Waals surface area contributed by atoms with Crippen LogP contribution in [0.5, 0.6) is 0 Å². The minimum atomic E-state index is -0.568. The van der Waals surface area contributed by atoms with Crippen molar-refractivity contribution in [2.24, 2.45) is 0 Å². The van der Waals surface area contributed by atoms with Crippen molar-refractivity contribution in [1.29, 1.82) is 0 Å². The van der Waals surface area contributed by atoms with Crippen LogP contribution >= 0.6 is 11.6 Å². The first kappa shape index (κ1) is 21.4. The highest BCUT2D eigenvalue weighted by molar-refractivity contribution is 6.30. The van der Waals surface area contributed by atoms with Crippen LogP contribution in [0, 0.1) is 0 Å². The number of nitrogens with one attached hydrogen (secondary N) is 1. The minimum Gasteiger partial charge on any atom is -0.444 e. The third-order valence-electron chi connectivity index (χ3n) is 5.11. The Kier molecular flexibility index (Phi) is 6.37. The van der Waals surface area contributed by atoms with E-state index in [4.69, 9.17) is 16.3 Å². The maximum absolute atomic E-state index is 12.9. The quantitative estimate of drug-likeness (QED) is 0.693. The Labute approximate surface area is 177 Å². The molecule has 1 unspecified atom stereocenters. The Balaban J connectivity index is 1.98. The first-order valence-electron chi connectivity index (χ1n) is 10.2. The molecule has 1 aromatic carbocycles. The van der Waals surface area contributed by atoms with E-state index in [-0.39, 0.29) is 24.1 Å². The maximum atomic E-state index is 12.9. The van der Waals surface area contributed by atoms with E-state index in [1.54, 1.807) is 4.90 Å². The van der Waals surface area contributed by atoms with Crippen LogP contribution < -0.4 is 5.56 Å². The molecule has 156 valence electrons. The van der Waals surface area contributed by atoms with Crippen molar-refractivity contribution in [1.82, 2.24) is 9.88 Å². The lowest BCUT2D eigenvalue weighted by Gasteiger charge is -2.35. The van der Waals surface area contributed by atoms with Gasteiger partial charge in [-0.05, 0) is 56.5 Å². The number of ether oxygens (including phenoxy) is 1. The molecule has 0 saturated heterocycles. The fourth-order valence-corrected chi connectivity index (χ4v) is 3.83. The highest BCUT2D eigenvalue weighted by Gasteiger charge is 2.32.